The molecule has 2 aromatic carbocycles. The Bertz CT molecular complexity index is 691. The molecule has 0 radical (unpaired) electrons. The lowest BCUT2D eigenvalue weighted by atomic mass is 10.0. The Balaban J connectivity index is 1.38. The number of benzene rings is 2. The Labute approximate surface area is 140 Å². The van der Waals surface area contributed by atoms with Gasteiger partial charge in [-0.05, 0) is 17.7 Å². The molecule has 0 saturated heterocycles. The smallest absolute Gasteiger partial charge is 0.231 e. The van der Waals surface area contributed by atoms with E-state index in [0.717, 1.165) is 5.56 Å². The quantitative estimate of drug-likeness (QED) is 0.760. The van der Waals surface area contributed by atoms with Crippen LogP contribution in [-0.4, -0.2) is 25.9 Å². The summed E-state index contributed by atoms with van der Waals surface area (Å²) in [7, 11) is 0. The first-order chi connectivity index (χ1) is 11.7. The van der Waals surface area contributed by atoms with Gasteiger partial charge in [0.2, 0.25) is 12.7 Å². The van der Waals surface area contributed by atoms with Crippen LogP contribution in [0.5, 0.6) is 17.2 Å². The van der Waals surface area contributed by atoms with Crippen molar-refractivity contribution < 1.29 is 19.0 Å². The van der Waals surface area contributed by atoms with Crippen molar-refractivity contribution in [3.8, 4) is 17.2 Å². The molecule has 2 aromatic rings. The Kier molecular flexibility index (Phi) is 5.18. The summed E-state index contributed by atoms with van der Waals surface area (Å²) in [4.78, 5) is 11.9. The number of amides is 1. The molecule has 6 heteroatoms. The number of carbonyl (C=O) groups is 1. The van der Waals surface area contributed by atoms with Crippen LogP contribution in [0.25, 0.3) is 0 Å². The van der Waals surface area contributed by atoms with Crippen molar-refractivity contribution in [2.45, 2.75) is 12.5 Å². The molecule has 1 aliphatic rings. The average Bonchev–Trinajstić information content (AvgIpc) is 3.07. The van der Waals surface area contributed by atoms with E-state index in [0.29, 0.717) is 30.4 Å². The van der Waals surface area contributed by atoms with E-state index in [-0.39, 0.29) is 25.2 Å². The maximum absolute atomic E-state index is 11.9. The summed E-state index contributed by atoms with van der Waals surface area (Å²) in [6.45, 7) is 1.01. The van der Waals surface area contributed by atoms with Gasteiger partial charge >= 0.3 is 0 Å². The molecule has 3 N–H and O–H groups in total. The molecule has 0 bridgehead atoms. The number of nitrogens with two attached hydrogens (primary N) is 1. The topological polar surface area (TPSA) is 82.8 Å². The van der Waals surface area contributed by atoms with Gasteiger partial charge < -0.3 is 25.3 Å². The van der Waals surface area contributed by atoms with Crippen molar-refractivity contribution in [2.24, 2.45) is 5.73 Å². The summed E-state index contributed by atoms with van der Waals surface area (Å²) in [6.07, 6.45) is 0.244. The highest BCUT2D eigenvalue weighted by Crippen LogP contribution is 2.34. The monoisotopic (exact) mass is 328 g/mol. The molecule has 24 heavy (non-hydrogen) atoms. The number of ether oxygens (including phenoxy) is 3. The fraction of sp³-hybridized carbons (Fsp3) is 0.278. The zero-order valence-electron chi connectivity index (χ0n) is 13.2. The molecule has 1 atom stereocenters. The number of fused-ring (bicyclic) bond motifs is 1. The van der Waals surface area contributed by atoms with Crippen LogP contribution in [0.2, 0.25) is 0 Å². The van der Waals surface area contributed by atoms with Crippen molar-refractivity contribution in [2.75, 3.05) is 19.9 Å². The van der Waals surface area contributed by atoms with Gasteiger partial charge in [-0.1, -0.05) is 30.3 Å². The fourth-order valence-electron chi connectivity index (χ4n) is 2.42. The van der Waals surface area contributed by atoms with Gasteiger partial charge in [-0.3, -0.25) is 4.79 Å². The van der Waals surface area contributed by atoms with Crippen LogP contribution >= 0.6 is 0 Å². The highest BCUT2D eigenvalue weighted by atomic mass is 16.7. The van der Waals surface area contributed by atoms with E-state index in [4.69, 9.17) is 19.9 Å². The number of hydrogen-bond acceptors (Lipinski definition) is 5. The van der Waals surface area contributed by atoms with Crippen molar-refractivity contribution in [3.05, 3.63) is 54.1 Å². The highest BCUT2D eigenvalue weighted by molar-refractivity contribution is 5.76. The van der Waals surface area contributed by atoms with E-state index in [2.05, 4.69) is 5.32 Å². The molecule has 0 aromatic heterocycles. The molecule has 3 rings (SSSR count). The number of nitrogens with one attached hydrogen (secondary N) is 1. The first kappa shape index (κ1) is 16.1. The van der Waals surface area contributed by atoms with E-state index in [1.165, 1.54) is 0 Å². The van der Waals surface area contributed by atoms with Crippen LogP contribution in [0.4, 0.5) is 0 Å². The van der Waals surface area contributed by atoms with Gasteiger partial charge in [0.05, 0.1) is 6.54 Å². The molecule has 1 amide bonds. The van der Waals surface area contributed by atoms with Crippen LogP contribution < -0.4 is 25.3 Å². The third-order valence-corrected chi connectivity index (χ3v) is 3.67. The van der Waals surface area contributed by atoms with Crippen LogP contribution in [0.3, 0.4) is 0 Å². The third kappa shape index (κ3) is 4.17. The number of rotatable bonds is 7. The lowest BCUT2D eigenvalue weighted by Crippen LogP contribution is -2.30. The number of hydrogen-bond donors (Lipinski definition) is 2. The summed E-state index contributed by atoms with van der Waals surface area (Å²) < 4.78 is 16.1. The van der Waals surface area contributed by atoms with E-state index in [1.54, 1.807) is 18.2 Å². The summed E-state index contributed by atoms with van der Waals surface area (Å²) in [5.41, 5.74) is 6.97. The number of carbonyl (C=O) groups excluding carboxylic acids is 1. The van der Waals surface area contributed by atoms with Gasteiger partial charge in [-0.15, -0.1) is 0 Å². The van der Waals surface area contributed by atoms with Gasteiger partial charge in [-0.25, -0.2) is 0 Å². The molecule has 0 fully saturated rings. The minimum absolute atomic E-state index is 0.0966. The predicted octanol–water partition coefficient (Wildman–Crippen LogP) is 2.00. The second-order valence-corrected chi connectivity index (χ2v) is 5.43. The maximum Gasteiger partial charge on any atom is 0.231 e. The second-order valence-electron chi connectivity index (χ2n) is 5.43. The zero-order chi connectivity index (χ0) is 16.8. The van der Waals surface area contributed by atoms with Crippen molar-refractivity contribution >= 4 is 5.91 Å². The van der Waals surface area contributed by atoms with Crippen LogP contribution in [0.1, 0.15) is 18.0 Å². The lowest BCUT2D eigenvalue weighted by Gasteiger charge is -2.12. The summed E-state index contributed by atoms with van der Waals surface area (Å²) in [5.74, 6) is 1.96. The third-order valence-electron chi connectivity index (χ3n) is 3.67. The second kappa shape index (κ2) is 7.70. The van der Waals surface area contributed by atoms with Crippen LogP contribution in [-0.2, 0) is 4.79 Å². The Morgan fingerprint density at radius 2 is 1.96 bits per heavy atom. The van der Waals surface area contributed by atoms with Gasteiger partial charge in [0.15, 0.2) is 11.5 Å². The molecule has 0 spiro atoms. The summed E-state index contributed by atoms with van der Waals surface area (Å²) >= 11 is 0. The van der Waals surface area contributed by atoms with Crippen molar-refractivity contribution in [3.63, 3.8) is 0 Å². The molecule has 0 saturated carbocycles. The maximum atomic E-state index is 11.9. The van der Waals surface area contributed by atoms with Crippen LogP contribution in [0.15, 0.2) is 48.5 Å². The minimum Gasteiger partial charge on any atom is -0.492 e. The molecule has 1 heterocycles. The Morgan fingerprint density at radius 1 is 1.17 bits per heavy atom. The highest BCUT2D eigenvalue weighted by Gasteiger charge is 2.14. The average molecular weight is 328 g/mol. The van der Waals surface area contributed by atoms with Crippen molar-refractivity contribution in [1.82, 2.24) is 5.32 Å². The van der Waals surface area contributed by atoms with Gasteiger partial charge in [0.25, 0.3) is 0 Å². The lowest BCUT2D eigenvalue weighted by molar-refractivity contribution is -0.121. The molecule has 1 aliphatic heterocycles. The largest absolute Gasteiger partial charge is 0.492 e. The van der Waals surface area contributed by atoms with E-state index >= 15 is 0 Å². The standard InChI is InChI=1S/C18H20N2O4/c19-15(13-4-2-1-3-5-13)11-18(21)20-8-9-22-14-6-7-16-17(10-14)24-12-23-16/h1-7,10,15H,8-9,11-12,19H2,(H,20,21). The Hall–Kier alpha value is -2.73. The summed E-state index contributed by atoms with van der Waals surface area (Å²) in [5, 5.41) is 2.81. The van der Waals surface area contributed by atoms with E-state index < -0.39 is 0 Å². The molecular formula is C18H20N2O4. The first-order valence-electron chi connectivity index (χ1n) is 7.82. The van der Waals surface area contributed by atoms with Crippen LogP contribution in [0, 0.1) is 0 Å². The molecule has 1 unspecified atom stereocenters. The fourth-order valence-corrected chi connectivity index (χ4v) is 2.42. The first-order valence-corrected chi connectivity index (χ1v) is 7.82. The van der Waals surface area contributed by atoms with Gasteiger partial charge in [-0.2, -0.15) is 0 Å². The predicted molar refractivity (Wildman–Crippen MR) is 89.1 cm³/mol. The summed E-state index contributed by atoms with van der Waals surface area (Å²) in [6, 6.07) is 14.6. The minimum atomic E-state index is -0.305. The van der Waals surface area contributed by atoms with Crippen molar-refractivity contribution in [1.29, 1.82) is 0 Å². The molecule has 126 valence electrons. The normalized spacial score (nSPS) is 13.4. The van der Waals surface area contributed by atoms with E-state index in [9.17, 15) is 4.79 Å². The van der Waals surface area contributed by atoms with E-state index in [1.807, 2.05) is 30.3 Å². The van der Waals surface area contributed by atoms with Gasteiger partial charge in [0, 0.05) is 18.5 Å². The Morgan fingerprint density at radius 3 is 2.79 bits per heavy atom. The molecule has 6 nitrogen and oxygen atoms in total. The van der Waals surface area contributed by atoms with Gasteiger partial charge in [0.1, 0.15) is 12.4 Å². The zero-order valence-corrected chi connectivity index (χ0v) is 13.2. The molecule has 0 aliphatic carbocycles. The SMILES string of the molecule is NC(CC(=O)NCCOc1ccc2c(c1)OCO2)c1ccccc1. The molecular weight excluding hydrogens is 308 g/mol.